The molecule has 0 aromatic heterocycles. The zero-order chi connectivity index (χ0) is 11.5. The standard InChI is InChI=1S/C13H17BrFN/c1-9-11(13(15)3-2-12(9)14)8-10-4-6-16-7-5-10/h2-3,10,16H,4-8H2,1H3. The summed E-state index contributed by atoms with van der Waals surface area (Å²) in [6.07, 6.45) is 3.19. The summed E-state index contributed by atoms with van der Waals surface area (Å²) in [5.74, 6) is 0.572. The second kappa shape index (κ2) is 5.28. The van der Waals surface area contributed by atoms with Gasteiger partial charge in [-0.25, -0.2) is 4.39 Å². The van der Waals surface area contributed by atoms with Crippen molar-refractivity contribution in [1.29, 1.82) is 0 Å². The Kier molecular flexibility index (Phi) is 3.98. The molecule has 0 atom stereocenters. The highest BCUT2D eigenvalue weighted by Crippen LogP contribution is 2.27. The molecule has 1 fully saturated rings. The van der Waals surface area contributed by atoms with E-state index in [2.05, 4.69) is 21.2 Å². The van der Waals surface area contributed by atoms with Gasteiger partial charge in [-0.05, 0) is 68.5 Å². The van der Waals surface area contributed by atoms with Gasteiger partial charge in [0.25, 0.3) is 0 Å². The number of hydrogen-bond donors (Lipinski definition) is 1. The van der Waals surface area contributed by atoms with Crippen molar-refractivity contribution in [1.82, 2.24) is 5.32 Å². The van der Waals surface area contributed by atoms with Crippen molar-refractivity contribution in [2.24, 2.45) is 5.92 Å². The first kappa shape index (κ1) is 12.1. The van der Waals surface area contributed by atoms with Crippen LogP contribution < -0.4 is 5.32 Å². The topological polar surface area (TPSA) is 12.0 Å². The predicted octanol–water partition coefficient (Wildman–Crippen LogP) is 3.44. The Labute approximate surface area is 105 Å². The van der Waals surface area contributed by atoms with E-state index in [0.717, 1.165) is 48.0 Å². The first-order valence-corrected chi connectivity index (χ1v) is 6.62. The molecule has 1 N–H and O–H groups in total. The lowest BCUT2D eigenvalue weighted by Crippen LogP contribution is -2.29. The van der Waals surface area contributed by atoms with Crippen LogP contribution in [-0.2, 0) is 6.42 Å². The highest BCUT2D eigenvalue weighted by Gasteiger charge is 2.17. The molecule has 1 nitrogen and oxygen atoms in total. The van der Waals surface area contributed by atoms with Crippen LogP contribution in [0.25, 0.3) is 0 Å². The van der Waals surface area contributed by atoms with E-state index in [-0.39, 0.29) is 5.82 Å². The van der Waals surface area contributed by atoms with E-state index in [1.807, 2.05) is 6.92 Å². The molecule has 1 aromatic rings. The summed E-state index contributed by atoms with van der Waals surface area (Å²) in [5, 5.41) is 3.34. The van der Waals surface area contributed by atoms with Gasteiger partial charge in [-0.2, -0.15) is 0 Å². The summed E-state index contributed by atoms with van der Waals surface area (Å²) in [5.41, 5.74) is 1.94. The Hall–Kier alpha value is -0.410. The van der Waals surface area contributed by atoms with Gasteiger partial charge in [-0.1, -0.05) is 15.9 Å². The molecule has 1 saturated heterocycles. The van der Waals surface area contributed by atoms with Crippen molar-refractivity contribution < 1.29 is 4.39 Å². The third-order valence-corrected chi connectivity index (χ3v) is 4.29. The van der Waals surface area contributed by atoms with Crippen LogP contribution in [0.2, 0.25) is 0 Å². The second-order valence-corrected chi connectivity index (χ2v) is 5.38. The molecule has 0 saturated carbocycles. The van der Waals surface area contributed by atoms with E-state index in [4.69, 9.17) is 0 Å². The minimum Gasteiger partial charge on any atom is -0.317 e. The Balaban J connectivity index is 2.16. The van der Waals surface area contributed by atoms with E-state index in [1.54, 1.807) is 12.1 Å². The highest BCUT2D eigenvalue weighted by molar-refractivity contribution is 9.10. The molecule has 2 rings (SSSR count). The van der Waals surface area contributed by atoms with Gasteiger partial charge in [0.1, 0.15) is 5.82 Å². The number of benzene rings is 1. The van der Waals surface area contributed by atoms with Gasteiger partial charge in [0.05, 0.1) is 0 Å². The van der Waals surface area contributed by atoms with Crippen molar-refractivity contribution in [3.63, 3.8) is 0 Å². The van der Waals surface area contributed by atoms with Crippen molar-refractivity contribution in [3.8, 4) is 0 Å². The summed E-state index contributed by atoms with van der Waals surface area (Å²) in [6, 6.07) is 3.35. The average molecular weight is 286 g/mol. The quantitative estimate of drug-likeness (QED) is 0.878. The lowest BCUT2D eigenvalue weighted by Gasteiger charge is -2.23. The van der Waals surface area contributed by atoms with Crippen LogP contribution in [0.4, 0.5) is 4.39 Å². The maximum atomic E-state index is 13.7. The van der Waals surface area contributed by atoms with E-state index >= 15 is 0 Å². The zero-order valence-electron chi connectivity index (χ0n) is 9.52. The third kappa shape index (κ3) is 2.64. The number of hydrogen-bond acceptors (Lipinski definition) is 1. The second-order valence-electron chi connectivity index (χ2n) is 4.53. The number of nitrogens with one attached hydrogen (secondary N) is 1. The molecule has 1 aliphatic rings. The lowest BCUT2D eigenvalue weighted by atomic mass is 9.89. The predicted molar refractivity (Wildman–Crippen MR) is 68.1 cm³/mol. The van der Waals surface area contributed by atoms with E-state index in [9.17, 15) is 4.39 Å². The van der Waals surface area contributed by atoms with Crippen molar-refractivity contribution >= 4 is 15.9 Å². The fourth-order valence-electron chi connectivity index (χ4n) is 2.32. The summed E-state index contributed by atoms with van der Waals surface area (Å²) < 4.78 is 14.8. The third-order valence-electron chi connectivity index (χ3n) is 3.43. The molecule has 0 radical (unpaired) electrons. The molecule has 1 aromatic carbocycles. The van der Waals surface area contributed by atoms with Crippen molar-refractivity contribution in [2.75, 3.05) is 13.1 Å². The maximum absolute atomic E-state index is 13.7. The molecular formula is C13H17BrFN. The summed E-state index contributed by atoms with van der Waals surface area (Å²) in [7, 11) is 0. The van der Waals surface area contributed by atoms with Crippen LogP contribution in [0.1, 0.15) is 24.0 Å². The highest BCUT2D eigenvalue weighted by atomic mass is 79.9. The SMILES string of the molecule is Cc1c(Br)ccc(F)c1CC1CCNCC1. The van der Waals surface area contributed by atoms with E-state index in [1.165, 1.54) is 0 Å². The fourth-order valence-corrected chi connectivity index (χ4v) is 2.69. The first-order valence-electron chi connectivity index (χ1n) is 5.82. The first-order chi connectivity index (χ1) is 7.68. The van der Waals surface area contributed by atoms with Gasteiger partial charge >= 0.3 is 0 Å². The molecule has 1 aliphatic heterocycles. The number of piperidine rings is 1. The summed E-state index contributed by atoms with van der Waals surface area (Å²) >= 11 is 3.47. The minimum atomic E-state index is -0.0563. The molecule has 0 spiro atoms. The van der Waals surface area contributed by atoms with Crippen molar-refractivity contribution in [3.05, 3.63) is 33.5 Å². The van der Waals surface area contributed by atoms with Gasteiger partial charge in [0, 0.05) is 4.47 Å². The van der Waals surface area contributed by atoms with Gasteiger partial charge in [-0.15, -0.1) is 0 Å². The Morgan fingerprint density at radius 3 is 2.75 bits per heavy atom. The van der Waals surface area contributed by atoms with Crippen LogP contribution in [0.3, 0.4) is 0 Å². The molecule has 1 heterocycles. The molecule has 0 aliphatic carbocycles. The number of rotatable bonds is 2. The molecular weight excluding hydrogens is 269 g/mol. The Morgan fingerprint density at radius 1 is 1.38 bits per heavy atom. The monoisotopic (exact) mass is 285 g/mol. The van der Waals surface area contributed by atoms with Crippen molar-refractivity contribution in [2.45, 2.75) is 26.2 Å². The van der Waals surface area contributed by atoms with Gasteiger partial charge < -0.3 is 5.32 Å². The Morgan fingerprint density at radius 2 is 2.06 bits per heavy atom. The minimum absolute atomic E-state index is 0.0563. The number of halogens is 2. The average Bonchev–Trinajstić information content (AvgIpc) is 2.31. The van der Waals surface area contributed by atoms with Crippen LogP contribution in [0.5, 0.6) is 0 Å². The van der Waals surface area contributed by atoms with Gasteiger partial charge in [0.15, 0.2) is 0 Å². The smallest absolute Gasteiger partial charge is 0.126 e. The van der Waals surface area contributed by atoms with Crippen LogP contribution >= 0.6 is 15.9 Å². The lowest BCUT2D eigenvalue weighted by molar-refractivity contribution is 0.368. The van der Waals surface area contributed by atoms with Crippen LogP contribution in [0, 0.1) is 18.7 Å². The summed E-state index contributed by atoms with van der Waals surface area (Å²) in [4.78, 5) is 0. The maximum Gasteiger partial charge on any atom is 0.126 e. The molecule has 0 unspecified atom stereocenters. The van der Waals surface area contributed by atoms with E-state index < -0.39 is 0 Å². The molecule has 3 heteroatoms. The molecule has 0 bridgehead atoms. The molecule has 16 heavy (non-hydrogen) atoms. The largest absolute Gasteiger partial charge is 0.317 e. The summed E-state index contributed by atoms with van der Waals surface area (Å²) in [6.45, 7) is 4.13. The van der Waals surface area contributed by atoms with Crippen LogP contribution in [0.15, 0.2) is 16.6 Å². The Bertz CT molecular complexity index is 372. The normalized spacial score (nSPS) is 17.7. The molecule has 88 valence electrons. The van der Waals surface area contributed by atoms with Gasteiger partial charge in [-0.3, -0.25) is 0 Å². The van der Waals surface area contributed by atoms with Gasteiger partial charge in [0.2, 0.25) is 0 Å². The molecule has 0 amide bonds. The zero-order valence-corrected chi connectivity index (χ0v) is 11.1. The van der Waals surface area contributed by atoms with E-state index in [0.29, 0.717) is 5.92 Å². The fraction of sp³-hybridized carbons (Fsp3) is 0.538. The van der Waals surface area contributed by atoms with Crippen LogP contribution in [-0.4, -0.2) is 13.1 Å².